The van der Waals surface area contributed by atoms with Crippen LogP contribution in [-0.2, 0) is 4.74 Å². The van der Waals surface area contributed by atoms with Gasteiger partial charge in [0.15, 0.2) is 0 Å². The summed E-state index contributed by atoms with van der Waals surface area (Å²) in [5.41, 5.74) is 1.04. The van der Waals surface area contributed by atoms with E-state index in [1.54, 1.807) is 10.9 Å². The average Bonchev–Trinajstić information content (AvgIpc) is 2.92. The Balaban J connectivity index is 1.56. The van der Waals surface area contributed by atoms with E-state index >= 15 is 0 Å². The third kappa shape index (κ3) is 3.53. The van der Waals surface area contributed by atoms with Crippen LogP contribution >= 0.6 is 0 Å². The quantitative estimate of drug-likeness (QED) is 0.927. The number of aromatic nitrogens is 2. The van der Waals surface area contributed by atoms with E-state index in [-0.39, 0.29) is 11.9 Å². The Morgan fingerprint density at radius 2 is 2.43 bits per heavy atom. The minimum atomic E-state index is -0.331. The van der Waals surface area contributed by atoms with E-state index in [2.05, 4.69) is 10.4 Å². The molecule has 21 heavy (non-hydrogen) atoms. The molecule has 1 fully saturated rings. The molecule has 1 aromatic rings. The maximum absolute atomic E-state index is 14.2. The number of nitrogens with one attached hydrogen (secondary N) is 1. The fraction of sp³-hybridized carbons (Fsp3) is 0.562. The van der Waals surface area contributed by atoms with Crippen LogP contribution < -0.4 is 5.32 Å². The third-order valence-corrected chi connectivity index (χ3v) is 4.08. The highest BCUT2D eigenvalue weighted by molar-refractivity contribution is 5.24. The van der Waals surface area contributed by atoms with Gasteiger partial charge >= 0.3 is 0 Å². The van der Waals surface area contributed by atoms with Gasteiger partial charge in [-0.15, -0.1) is 0 Å². The van der Waals surface area contributed by atoms with Gasteiger partial charge in [0.25, 0.3) is 0 Å². The Morgan fingerprint density at radius 1 is 1.52 bits per heavy atom. The molecule has 4 nitrogen and oxygen atoms in total. The van der Waals surface area contributed by atoms with Crippen molar-refractivity contribution in [1.82, 2.24) is 15.1 Å². The molecule has 1 saturated heterocycles. The van der Waals surface area contributed by atoms with Crippen molar-refractivity contribution < 1.29 is 9.13 Å². The standard InChI is InChI=1S/C16H22FN3O/c1-12-8-19-20(10-12)16-5-4-14(7-15(16)17)21-11-13-3-2-6-18-9-13/h4,7-8,10,13,16,18H,2-3,5-6,9,11H2,1H3. The van der Waals surface area contributed by atoms with Crippen molar-refractivity contribution >= 4 is 0 Å². The number of allylic oxidation sites excluding steroid dienone is 3. The topological polar surface area (TPSA) is 39.1 Å². The molecule has 0 saturated carbocycles. The first kappa shape index (κ1) is 14.3. The lowest BCUT2D eigenvalue weighted by Gasteiger charge is -2.24. The van der Waals surface area contributed by atoms with Crippen LogP contribution in [0.25, 0.3) is 0 Å². The number of halogens is 1. The monoisotopic (exact) mass is 291 g/mol. The van der Waals surface area contributed by atoms with E-state index in [1.165, 1.54) is 18.9 Å². The molecule has 3 rings (SSSR count). The van der Waals surface area contributed by atoms with Crippen molar-refractivity contribution in [2.24, 2.45) is 5.92 Å². The fourth-order valence-corrected chi connectivity index (χ4v) is 2.85. The maximum atomic E-state index is 14.2. The van der Waals surface area contributed by atoms with E-state index < -0.39 is 0 Å². The molecule has 0 bridgehead atoms. The van der Waals surface area contributed by atoms with E-state index in [0.717, 1.165) is 18.7 Å². The number of rotatable bonds is 4. The number of nitrogens with zero attached hydrogens (tertiary/aromatic N) is 2. The molecular weight excluding hydrogens is 269 g/mol. The minimum absolute atomic E-state index is 0.183. The molecule has 1 aliphatic heterocycles. The number of aryl methyl sites for hydroxylation is 1. The predicted octanol–water partition coefficient (Wildman–Crippen LogP) is 2.89. The summed E-state index contributed by atoms with van der Waals surface area (Å²) in [4.78, 5) is 0. The number of piperidine rings is 1. The summed E-state index contributed by atoms with van der Waals surface area (Å²) in [5, 5.41) is 7.55. The second-order valence-corrected chi connectivity index (χ2v) is 5.91. The van der Waals surface area contributed by atoms with Gasteiger partial charge in [-0.05, 0) is 44.4 Å². The molecule has 1 N–H and O–H groups in total. The van der Waals surface area contributed by atoms with Crippen LogP contribution in [0.1, 0.15) is 30.9 Å². The second-order valence-electron chi connectivity index (χ2n) is 5.91. The van der Waals surface area contributed by atoms with Crippen molar-refractivity contribution in [3.63, 3.8) is 0 Å². The Morgan fingerprint density at radius 3 is 3.10 bits per heavy atom. The van der Waals surface area contributed by atoms with Gasteiger partial charge in [-0.2, -0.15) is 5.10 Å². The van der Waals surface area contributed by atoms with Crippen molar-refractivity contribution in [2.75, 3.05) is 19.7 Å². The summed E-state index contributed by atoms with van der Waals surface area (Å²) in [5.74, 6) is 0.998. The van der Waals surface area contributed by atoms with Crippen LogP contribution in [0.2, 0.25) is 0 Å². The zero-order valence-electron chi connectivity index (χ0n) is 12.4. The van der Waals surface area contributed by atoms with Crippen LogP contribution in [0.3, 0.4) is 0 Å². The normalized spacial score (nSPS) is 26.2. The van der Waals surface area contributed by atoms with Gasteiger partial charge in [-0.1, -0.05) is 0 Å². The molecule has 0 aromatic carbocycles. The largest absolute Gasteiger partial charge is 0.493 e. The molecule has 0 spiro atoms. The highest BCUT2D eigenvalue weighted by Crippen LogP contribution is 2.29. The Bertz CT molecular complexity index is 543. The fourth-order valence-electron chi connectivity index (χ4n) is 2.85. The Kier molecular flexibility index (Phi) is 4.39. The van der Waals surface area contributed by atoms with Gasteiger partial charge in [0.2, 0.25) is 0 Å². The zero-order chi connectivity index (χ0) is 14.7. The summed E-state index contributed by atoms with van der Waals surface area (Å²) < 4.78 is 21.7. The van der Waals surface area contributed by atoms with Gasteiger partial charge in [0.05, 0.1) is 12.8 Å². The first-order chi connectivity index (χ1) is 10.2. The zero-order valence-corrected chi connectivity index (χ0v) is 12.4. The molecule has 2 aliphatic rings. The van der Waals surface area contributed by atoms with Gasteiger partial charge in [-0.25, -0.2) is 4.39 Å². The predicted molar refractivity (Wildman–Crippen MR) is 79.4 cm³/mol. The number of ether oxygens (including phenoxy) is 1. The van der Waals surface area contributed by atoms with Crippen LogP contribution in [0.15, 0.2) is 36.1 Å². The van der Waals surface area contributed by atoms with E-state index in [1.807, 2.05) is 19.2 Å². The lowest BCUT2D eigenvalue weighted by Crippen LogP contribution is -2.32. The van der Waals surface area contributed by atoms with Crippen molar-refractivity contribution in [3.8, 4) is 0 Å². The molecule has 2 unspecified atom stereocenters. The Labute approximate surface area is 124 Å². The highest BCUT2D eigenvalue weighted by atomic mass is 19.1. The lowest BCUT2D eigenvalue weighted by atomic mass is 10.0. The molecule has 1 aliphatic carbocycles. The molecule has 2 heterocycles. The molecule has 5 heteroatoms. The first-order valence-corrected chi connectivity index (χ1v) is 7.64. The summed E-state index contributed by atoms with van der Waals surface area (Å²) in [6.07, 6.45) is 10.0. The van der Waals surface area contributed by atoms with Crippen LogP contribution in [-0.4, -0.2) is 29.5 Å². The van der Waals surface area contributed by atoms with Crippen LogP contribution in [0, 0.1) is 12.8 Å². The van der Waals surface area contributed by atoms with Gasteiger partial charge in [0.1, 0.15) is 17.6 Å². The molecule has 0 radical (unpaired) electrons. The first-order valence-electron chi connectivity index (χ1n) is 7.64. The van der Waals surface area contributed by atoms with E-state index in [0.29, 0.717) is 24.7 Å². The molecule has 114 valence electrons. The lowest BCUT2D eigenvalue weighted by molar-refractivity contribution is 0.153. The smallest absolute Gasteiger partial charge is 0.128 e. The summed E-state index contributed by atoms with van der Waals surface area (Å²) in [6, 6.07) is -0.331. The van der Waals surface area contributed by atoms with Gasteiger partial charge < -0.3 is 10.1 Å². The molecule has 0 amide bonds. The maximum Gasteiger partial charge on any atom is 0.128 e. The van der Waals surface area contributed by atoms with Crippen molar-refractivity contribution in [1.29, 1.82) is 0 Å². The highest BCUT2D eigenvalue weighted by Gasteiger charge is 2.22. The van der Waals surface area contributed by atoms with Crippen LogP contribution in [0.4, 0.5) is 4.39 Å². The number of hydrogen-bond acceptors (Lipinski definition) is 3. The number of hydrogen-bond donors (Lipinski definition) is 1. The molecule has 1 aromatic heterocycles. The summed E-state index contributed by atoms with van der Waals surface area (Å²) in [6.45, 7) is 4.71. The SMILES string of the molecule is Cc1cnn(C2CC=C(OCC3CCCNC3)C=C2F)c1. The van der Waals surface area contributed by atoms with Gasteiger partial charge in [-0.3, -0.25) is 4.68 Å². The van der Waals surface area contributed by atoms with Crippen LogP contribution in [0.5, 0.6) is 0 Å². The summed E-state index contributed by atoms with van der Waals surface area (Å²) >= 11 is 0. The third-order valence-electron chi connectivity index (χ3n) is 4.08. The van der Waals surface area contributed by atoms with E-state index in [4.69, 9.17) is 4.74 Å². The second kappa shape index (κ2) is 6.43. The van der Waals surface area contributed by atoms with Gasteiger partial charge in [0, 0.05) is 24.7 Å². The van der Waals surface area contributed by atoms with Crippen molar-refractivity contribution in [2.45, 2.75) is 32.2 Å². The molecular formula is C16H22FN3O. The minimum Gasteiger partial charge on any atom is -0.493 e. The Hall–Kier alpha value is -1.62. The van der Waals surface area contributed by atoms with Crippen molar-refractivity contribution in [3.05, 3.63) is 41.7 Å². The average molecular weight is 291 g/mol. The van der Waals surface area contributed by atoms with E-state index in [9.17, 15) is 4.39 Å². The molecule has 2 atom stereocenters. The summed E-state index contributed by atoms with van der Waals surface area (Å²) in [7, 11) is 0.